The SMILES string of the molecule is CN1CC[CH]CC1CF. The summed E-state index contributed by atoms with van der Waals surface area (Å²) < 4.78 is 12.1. The van der Waals surface area contributed by atoms with Crippen molar-refractivity contribution in [2.24, 2.45) is 0 Å². The number of piperidine rings is 1. The minimum atomic E-state index is -0.201. The van der Waals surface area contributed by atoms with Crippen LogP contribution in [0.25, 0.3) is 0 Å². The quantitative estimate of drug-likeness (QED) is 0.516. The first kappa shape index (κ1) is 7.00. The molecule has 0 aromatic rings. The maximum absolute atomic E-state index is 12.1. The van der Waals surface area contributed by atoms with Gasteiger partial charge < -0.3 is 4.90 Å². The molecule has 0 saturated carbocycles. The van der Waals surface area contributed by atoms with Gasteiger partial charge >= 0.3 is 0 Å². The molecular weight excluding hydrogens is 117 g/mol. The Kier molecular flexibility index (Phi) is 2.46. The molecule has 0 N–H and O–H groups in total. The minimum absolute atomic E-state index is 0.166. The standard InChI is InChI=1S/C7H13FN/c1-9-5-3-2-4-7(9)6-8/h2,7H,3-6H2,1H3. The zero-order chi connectivity index (χ0) is 6.69. The molecule has 1 radical (unpaired) electrons. The van der Waals surface area contributed by atoms with Crippen LogP contribution in [0.4, 0.5) is 4.39 Å². The predicted octanol–water partition coefficient (Wildman–Crippen LogP) is 1.25. The Balaban J connectivity index is 2.30. The largest absolute Gasteiger partial charge is 0.301 e. The molecule has 1 atom stereocenters. The van der Waals surface area contributed by atoms with Crippen LogP contribution < -0.4 is 0 Å². The second kappa shape index (κ2) is 3.16. The fraction of sp³-hybridized carbons (Fsp3) is 0.857. The van der Waals surface area contributed by atoms with Gasteiger partial charge in [0.15, 0.2) is 0 Å². The van der Waals surface area contributed by atoms with Crippen LogP contribution in [-0.4, -0.2) is 31.2 Å². The fourth-order valence-corrected chi connectivity index (χ4v) is 1.15. The van der Waals surface area contributed by atoms with Gasteiger partial charge in [-0.25, -0.2) is 4.39 Å². The number of hydrogen-bond acceptors (Lipinski definition) is 1. The van der Waals surface area contributed by atoms with Gasteiger partial charge in [0, 0.05) is 6.04 Å². The van der Waals surface area contributed by atoms with Gasteiger partial charge in [-0.3, -0.25) is 0 Å². The Labute approximate surface area is 55.8 Å². The summed E-state index contributed by atoms with van der Waals surface area (Å²) in [6.45, 7) is 0.821. The molecule has 0 aliphatic carbocycles. The van der Waals surface area contributed by atoms with Crippen molar-refractivity contribution >= 4 is 0 Å². The van der Waals surface area contributed by atoms with Crippen molar-refractivity contribution in [1.29, 1.82) is 0 Å². The first-order chi connectivity index (χ1) is 4.34. The number of rotatable bonds is 1. The molecule has 1 saturated heterocycles. The van der Waals surface area contributed by atoms with Crippen LogP contribution in [0.5, 0.6) is 0 Å². The van der Waals surface area contributed by atoms with Crippen molar-refractivity contribution in [3.8, 4) is 0 Å². The molecule has 1 aliphatic heterocycles. The lowest BCUT2D eigenvalue weighted by Crippen LogP contribution is -2.37. The molecule has 9 heavy (non-hydrogen) atoms. The number of likely N-dealkylation sites (tertiary alicyclic amines) is 1. The van der Waals surface area contributed by atoms with Crippen LogP contribution in [0.2, 0.25) is 0 Å². The van der Waals surface area contributed by atoms with Gasteiger partial charge in [-0.05, 0) is 32.9 Å². The number of halogens is 1. The van der Waals surface area contributed by atoms with E-state index < -0.39 is 0 Å². The highest BCUT2D eigenvalue weighted by molar-refractivity contribution is 4.83. The van der Waals surface area contributed by atoms with E-state index in [0.29, 0.717) is 0 Å². The molecule has 2 heteroatoms. The topological polar surface area (TPSA) is 3.24 Å². The molecule has 1 nitrogen and oxygen atoms in total. The first-order valence-electron chi connectivity index (χ1n) is 3.42. The highest BCUT2D eigenvalue weighted by Crippen LogP contribution is 2.13. The van der Waals surface area contributed by atoms with Crippen molar-refractivity contribution in [1.82, 2.24) is 4.90 Å². The van der Waals surface area contributed by atoms with E-state index in [9.17, 15) is 4.39 Å². The number of alkyl halides is 1. The Hall–Kier alpha value is -0.110. The number of nitrogens with zero attached hydrogens (tertiary/aromatic N) is 1. The maximum Gasteiger partial charge on any atom is 0.105 e. The summed E-state index contributed by atoms with van der Waals surface area (Å²) in [5.41, 5.74) is 0. The Morgan fingerprint density at radius 2 is 2.56 bits per heavy atom. The summed E-state index contributed by atoms with van der Waals surface area (Å²) in [6.07, 6.45) is 4.21. The molecule has 0 aromatic heterocycles. The summed E-state index contributed by atoms with van der Waals surface area (Å²) in [7, 11) is 1.98. The van der Waals surface area contributed by atoms with Gasteiger partial charge in [0.05, 0.1) is 0 Å². The normalized spacial score (nSPS) is 30.7. The molecule has 1 heterocycles. The fourth-order valence-electron chi connectivity index (χ4n) is 1.15. The van der Waals surface area contributed by atoms with E-state index in [1.807, 2.05) is 7.05 Å². The molecule has 1 fully saturated rings. The summed E-state index contributed by atoms with van der Waals surface area (Å²) in [5, 5.41) is 0. The van der Waals surface area contributed by atoms with Crippen LogP contribution >= 0.6 is 0 Å². The minimum Gasteiger partial charge on any atom is -0.301 e. The van der Waals surface area contributed by atoms with Gasteiger partial charge in [-0.15, -0.1) is 0 Å². The monoisotopic (exact) mass is 130 g/mol. The number of hydrogen-bond donors (Lipinski definition) is 0. The van der Waals surface area contributed by atoms with Crippen LogP contribution in [0, 0.1) is 6.42 Å². The van der Waals surface area contributed by atoms with Crippen LogP contribution in [0.1, 0.15) is 12.8 Å². The predicted molar refractivity (Wildman–Crippen MR) is 35.9 cm³/mol. The van der Waals surface area contributed by atoms with Crippen LogP contribution in [0.15, 0.2) is 0 Å². The van der Waals surface area contributed by atoms with Gasteiger partial charge in [0.2, 0.25) is 0 Å². The van der Waals surface area contributed by atoms with E-state index in [2.05, 4.69) is 11.3 Å². The first-order valence-corrected chi connectivity index (χ1v) is 3.42. The molecular formula is C7H13FN. The molecule has 0 bridgehead atoms. The van der Waals surface area contributed by atoms with Crippen molar-refractivity contribution < 1.29 is 4.39 Å². The van der Waals surface area contributed by atoms with E-state index in [0.717, 1.165) is 19.4 Å². The molecule has 1 aliphatic rings. The summed E-state index contributed by atoms with van der Waals surface area (Å²) >= 11 is 0. The highest BCUT2D eigenvalue weighted by atomic mass is 19.1. The summed E-state index contributed by atoms with van der Waals surface area (Å²) in [6, 6.07) is 0.166. The zero-order valence-corrected chi connectivity index (χ0v) is 5.81. The summed E-state index contributed by atoms with van der Waals surface area (Å²) in [4.78, 5) is 2.08. The van der Waals surface area contributed by atoms with Gasteiger partial charge in [-0.1, -0.05) is 0 Å². The third-order valence-corrected chi connectivity index (χ3v) is 1.93. The Bertz CT molecular complexity index is 85.0. The smallest absolute Gasteiger partial charge is 0.105 e. The lowest BCUT2D eigenvalue weighted by atomic mass is 10.0. The second-order valence-electron chi connectivity index (χ2n) is 2.60. The van der Waals surface area contributed by atoms with Gasteiger partial charge in [0.25, 0.3) is 0 Å². The highest BCUT2D eigenvalue weighted by Gasteiger charge is 2.17. The van der Waals surface area contributed by atoms with Crippen LogP contribution in [0.3, 0.4) is 0 Å². The second-order valence-corrected chi connectivity index (χ2v) is 2.60. The van der Waals surface area contributed by atoms with Crippen LogP contribution in [-0.2, 0) is 0 Å². The van der Waals surface area contributed by atoms with Gasteiger partial charge in [0.1, 0.15) is 6.67 Å². The third-order valence-electron chi connectivity index (χ3n) is 1.93. The molecule has 0 aromatic carbocycles. The van der Waals surface area contributed by atoms with Crippen molar-refractivity contribution in [2.45, 2.75) is 18.9 Å². The van der Waals surface area contributed by atoms with Crippen molar-refractivity contribution in [2.75, 3.05) is 20.3 Å². The summed E-state index contributed by atoms with van der Waals surface area (Å²) in [5.74, 6) is 0. The molecule has 1 unspecified atom stereocenters. The average molecular weight is 130 g/mol. The molecule has 1 rings (SSSR count). The third kappa shape index (κ3) is 1.65. The molecule has 0 amide bonds. The average Bonchev–Trinajstić information content (AvgIpc) is 1.89. The maximum atomic E-state index is 12.1. The molecule has 0 spiro atoms. The zero-order valence-electron chi connectivity index (χ0n) is 5.81. The van der Waals surface area contributed by atoms with E-state index in [1.165, 1.54) is 0 Å². The molecule has 53 valence electrons. The van der Waals surface area contributed by atoms with E-state index in [1.54, 1.807) is 0 Å². The van der Waals surface area contributed by atoms with Crippen molar-refractivity contribution in [3.63, 3.8) is 0 Å². The van der Waals surface area contributed by atoms with E-state index in [-0.39, 0.29) is 12.7 Å². The Morgan fingerprint density at radius 1 is 1.78 bits per heavy atom. The van der Waals surface area contributed by atoms with E-state index >= 15 is 0 Å². The Morgan fingerprint density at radius 3 is 3.00 bits per heavy atom. The van der Waals surface area contributed by atoms with Gasteiger partial charge in [-0.2, -0.15) is 0 Å². The van der Waals surface area contributed by atoms with Crippen molar-refractivity contribution in [3.05, 3.63) is 6.42 Å². The van der Waals surface area contributed by atoms with E-state index in [4.69, 9.17) is 0 Å². The lowest BCUT2D eigenvalue weighted by molar-refractivity contribution is 0.178. The lowest BCUT2D eigenvalue weighted by Gasteiger charge is -2.29.